The van der Waals surface area contributed by atoms with E-state index in [0.29, 0.717) is 0 Å². The highest BCUT2D eigenvalue weighted by Gasteiger charge is 2.30. The van der Waals surface area contributed by atoms with Crippen LogP contribution < -0.4 is 10.2 Å². The molecule has 0 aromatic heterocycles. The van der Waals surface area contributed by atoms with Gasteiger partial charge in [-0.25, -0.2) is 0 Å². The van der Waals surface area contributed by atoms with Crippen LogP contribution in [-0.4, -0.2) is 44.2 Å². The smallest absolute Gasteiger partial charge is 0.0367 e. The first-order chi connectivity index (χ1) is 8.53. The van der Waals surface area contributed by atoms with Crippen molar-refractivity contribution in [3.05, 3.63) is 29.8 Å². The van der Waals surface area contributed by atoms with Crippen LogP contribution in [0.5, 0.6) is 0 Å². The van der Waals surface area contributed by atoms with Crippen LogP contribution in [-0.2, 0) is 6.54 Å². The number of benzene rings is 1. The second-order valence-electron chi connectivity index (χ2n) is 5.85. The summed E-state index contributed by atoms with van der Waals surface area (Å²) in [5.74, 6) is 0. The Morgan fingerprint density at radius 3 is 2.39 bits per heavy atom. The lowest BCUT2D eigenvalue weighted by Gasteiger charge is -2.46. The number of nitrogens with one attached hydrogen (secondary N) is 1. The van der Waals surface area contributed by atoms with Gasteiger partial charge in [0.15, 0.2) is 0 Å². The summed E-state index contributed by atoms with van der Waals surface area (Å²) in [4.78, 5) is 4.93. The first-order valence-electron chi connectivity index (χ1n) is 6.73. The van der Waals surface area contributed by atoms with Gasteiger partial charge in [0.1, 0.15) is 0 Å². The van der Waals surface area contributed by atoms with E-state index in [0.717, 1.165) is 26.2 Å². The number of hydrogen-bond acceptors (Lipinski definition) is 3. The minimum absolute atomic E-state index is 0.252. The third-order valence-electron chi connectivity index (χ3n) is 4.00. The Balaban J connectivity index is 2.08. The lowest BCUT2D eigenvalue weighted by molar-refractivity contribution is 0.139. The Labute approximate surface area is 111 Å². The van der Waals surface area contributed by atoms with E-state index in [-0.39, 0.29) is 5.54 Å². The Morgan fingerprint density at radius 1 is 1.17 bits per heavy atom. The summed E-state index contributed by atoms with van der Waals surface area (Å²) < 4.78 is 0. The minimum atomic E-state index is 0.252. The minimum Gasteiger partial charge on any atom is -0.368 e. The summed E-state index contributed by atoms with van der Waals surface area (Å²) in [6.07, 6.45) is 0. The predicted octanol–water partition coefficient (Wildman–Crippen LogP) is 1.94. The Bertz CT molecular complexity index is 383. The Kier molecular flexibility index (Phi) is 3.93. The molecule has 0 unspecified atom stereocenters. The zero-order valence-corrected chi connectivity index (χ0v) is 12.0. The number of likely N-dealkylation sites (N-methyl/N-ethyl adjacent to an activating group) is 1. The molecule has 3 nitrogen and oxygen atoms in total. The topological polar surface area (TPSA) is 18.5 Å². The third kappa shape index (κ3) is 2.85. The van der Waals surface area contributed by atoms with Gasteiger partial charge in [-0.2, -0.15) is 0 Å². The normalized spacial score (nSPS) is 20.1. The summed E-state index contributed by atoms with van der Waals surface area (Å²) in [5, 5.41) is 3.18. The van der Waals surface area contributed by atoms with E-state index in [9.17, 15) is 0 Å². The molecule has 0 saturated carbocycles. The average Bonchev–Trinajstić information content (AvgIpc) is 2.34. The van der Waals surface area contributed by atoms with Crippen LogP contribution in [0, 0.1) is 0 Å². The van der Waals surface area contributed by atoms with Crippen molar-refractivity contribution in [2.24, 2.45) is 0 Å². The number of anilines is 1. The van der Waals surface area contributed by atoms with E-state index < -0.39 is 0 Å². The van der Waals surface area contributed by atoms with Gasteiger partial charge in [-0.05, 0) is 45.6 Å². The van der Waals surface area contributed by atoms with Gasteiger partial charge in [0, 0.05) is 37.4 Å². The van der Waals surface area contributed by atoms with Crippen molar-refractivity contribution in [1.29, 1.82) is 0 Å². The summed E-state index contributed by atoms with van der Waals surface area (Å²) in [7, 11) is 4.20. The molecule has 0 amide bonds. The fraction of sp³-hybridized carbons (Fsp3) is 0.600. The Morgan fingerprint density at radius 2 is 1.83 bits per heavy atom. The van der Waals surface area contributed by atoms with Crippen molar-refractivity contribution in [1.82, 2.24) is 10.2 Å². The second-order valence-corrected chi connectivity index (χ2v) is 5.85. The molecular formula is C15H25N3. The van der Waals surface area contributed by atoms with Gasteiger partial charge in [0.05, 0.1) is 0 Å². The van der Waals surface area contributed by atoms with Crippen LogP contribution in [0.25, 0.3) is 0 Å². The second kappa shape index (κ2) is 5.29. The maximum absolute atomic E-state index is 3.18. The molecule has 0 radical (unpaired) electrons. The zero-order valence-electron chi connectivity index (χ0n) is 12.0. The number of hydrogen-bond donors (Lipinski definition) is 1. The van der Waals surface area contributed by atoms with Crippen LogP contribution >= 0.6 is 0 Å². The molecule has 1 aliphatic rings. The van der Waals surface area contributed by atoms with Crippen LogP contribution in [0.2, 0.25) is 0 Å². The summed E-state index contributed by atoms with van der Waals surface area (Å²) in [6.45, 7) is 8.91. The fourth-order valence-electron chi connectivity index (χ4n) is 2.49. The van der Waals surface area contributed by atoms with E-state index in [2.05, 4.69) is 60.3 Å². The van der Waals surface area contributed by atoms with E-state index in [4.69, 9.17) is 0 Å². The molecule has 0 bridgehead atoms. The molecule has 0 spiro atoms. The predicted molar refractivity (Wildman–Crippen MR) is 78.1 cm³/mol. The third-order valence-corrected chi connectivity index (χ3v) is 4.00. The lowest BCUT2D eigenvalue weighted by atomic mass is 9.99. The summed E-state index contributed by atoms with van der Waals surface area (Å²) in [6, 6.07) is 8.93. The van der Waals surface area contributed by atoms with Gasteiger partial charge in [-0.1, -0.05) is 12.1 Å². The van der Waals surface area contributed by atoms with Crippen LogP contribution in [0.4, 0.5) is 5.69 Å². The standard InChI is InChI=1S/C15H25N3/c1-15(2)12-18(10-9-17(15)4)14-7-5-13(6-8-14)11-16-3/h5-8,16H,9-12H2,1-4H3. The fourth-order valence-corrected chi connectivity index (χ4v) is 2.49. The zero-order chi connectivity index (χ0) is 13.2. The largest absolute Gasteiger partial charge is 0.368 e. The van der Waals surface area contributed by atoms with Gasteiger partial charge in [-0.15, -0.1) is 0 Å². The average molecular weight is 247 g/mol. The molecule has 1 aromatic rings. The van der Waals surface area contributed by atoms with Gasteiger partial charge in [0.25, 0.3) is 0 Å². The molecule has 0 aliphatic carbocycles. The van der Waals surface area contributed by atoms with E-state index >= 15 is 0 Å². The van der Waals surface area contributed by atoms with Crippen LogP contribution in [0.3, 0.4) is 0 Å². The number of rotatable bonds is 3. The van der Waals surface area contributed by atoms with E-state index in [1.54, 1.807) is 0 Å². The van der Waals surface area contributed by atoms with Gasteiger partial charge < -0.3 is 10.2 Å². The molecule has 1 saturated heterocycles. The SMILES string of the molecule is CNCc1ccc(N2CCN(C)C(C)(C)C2)cc1. The van der Waals surface area contributed by atoms with Crippen molar-refractivity contribution in [2.45, 2.75) is 25.9 Å². The highest BCUT2D eigenvalue weighted by Crippen LogP contribution is 2.24. The molecule has 1 N–H and O–H groups in total. The maximum Gasteiger partial charge on any atom is 0.0367 e. The molecule has 1 heterocycles. The highest BCUT2D eigenvalue weighted by atomic mass is 15.3. The lowest BCUT2D eigenvalue weighted by Crippen LogP contribution is -2.57. The first kappa shape index (κ1) is 13.4. The quantitative estimate of drug-likeness (QED) is 0.880. The van der Waals surface area contributed by atoms with Crippen LogP contribution in [0.1, 0.15) is 19.4 Å². The molecule has 1 aromatic carbocycles. The van der Waals surface area contributed by atoms with Crippen LogP contribution in [0.15, 0.2) is 24.3 Å². The molecule has 2 rings (SSSR count). The first-order valence-corrected chi connectivity index (χ1v) is 6.73. The monoisotopic (exact) mass is 247 g/mol. The molecule has 18 heavy (non-hydrogen) atoms. The summed E-state index contributed by atoms with van der Waals surface area (Å²) >= 11 is 0. The van der Waals surface area contributed by atoms with Crippen molar-refractivity contribution >= 4 is 5.69 Å². The highest BCUT2D eigenvalue weighted by molar-refractivity contribution is 5.48. The number of piperazine rings is 1. The van der Waals surface area contributed by atoms with Crippen molar-refractivity contribution < 1.29 is 0 Å². The number of nitrogens with zero attached hydrogens (tertiary/aromatic N) is 2. The van der Waals surface area contributed by atoms with Crippen molar-refractivity contribution in [3.63, 3.8) is 0 Å². The van der Waals surface area contributed by atoms with Gasteiger partial charge >= 0.3 is 0 Å². The van der Waals surface area contributed by atoms with Crippen molar-refractivity contribution in [2.75, 3.05) is 38.6 Å². The molecule has 3 heteroatoms. The maximum atomic E-state index is 3.18. The van der Waals surface area contributed by atoms with E-state index in [1.165, 1.54) is 11.3 Å². The van der Waals surface area contributed by atoms with Gasteiger partial charge in [-0.3, -0.25) is 4.90 Å². The summed E-state index contributed by atoms with van der Waals surface area (Å²) in [5.41, 5.74) is 2.94. The molecule has 1 fully saturated rings. The molecule has 0 atom stereocenters. The molecular weight excluding hydrogens is 222 g/mol. The Hall–Kier alpha value is -1.06. The van der Waals surface area contributed by atoms with E-state index in [1.807, 2.05) is 7.05 Å². The molecule has 1 aliphatic heterocycles. The van der Waals surface area contributed by atoms with Crippen molar-refractivity contribution in [3.8, 4) is 0 Å². The van der Waals surface area contributed by atoms with Gasteiger partial charge in [0.2, 0.25) is 0 Å². The molecule has 100 valence electrons.